The van der Waals surface area contributed by atoms with Crippen LogP contribution >= 0.6 is 0 Å². The van der Waals surface area contributed by atoms with Gasteiger partial charge in [0.2, 0.25) is 0 Å². The highest BCUT2D eigenvalue weighted by Gasteiger charge is 2.24. The van der Waals surface area contributed by atoms with E-state index in [0.29, 0.717) is 18.9 Å². The molecule has 0 saturated heterocycles. The molecule has 0 aliphatic heterocycles. The predicted octanol–water partition coefficient (Wildman–Crippen LogP) is 0.290. The number of carbonyl (C=O) groups is 1. The van der Waals surface area contributed by atoms with Crippen molar-refractivity contribution in [1.29, 1.82) is 0 Å². The second-order valence-electron chi connectivity index (χ2n) is 4.46. The molecule has 0 radical (unpaired) electrons. The van der Waals surface area contributed by atoms with Crippen molar-refractivity contribution in [2.75, 3.05) is 27.4 Å². The Kier molecular flexibility index (Phi) is 4.33. The fraction of sp³-hybridized carbons (Fsp3) is 0.667. The number of nitrogens with zero attached hydrogens (tertiary/aromatic N) is 1. The van der Waals surface area contributed by atoms with Crippen molar-refractivity contribution in [3.05, 3.63) is 17.0 Å². The molecule has 100 valence electrons. The number of aromatic nitrogens is 2. The summed E-state index contributed by atoms with van der Waals surface area (Å²) in [5.41, 5.74) is 2.66. The molecule has 0 aromatic carbocycles. The molecule has 1 amide bonds. The maximum absolute atomic E-state index is 12.1. The quantitative estimate of drug-likeness (QED) is 0.764. The Bertz CT molecular complexity index is 411. The molecular formula is C12H19N3O3. The summed E-state index contributed by atoms with van der Waals surface area (Å²) >= 11 is 0. The van der Waals surface area contributed by atoms with E-state index in [1.165, 1.54) is 0 Å². The summed E-state index contributed by atoms with van der Waals surface area (Å²) in [6.45, 7) is 0.846. The van der Waals surface area contributed by atoms with Crippen LogP contribution < -0.4 is 5.32 Å². The molecule has 0 spiro atoms. The molecule has 2 rings (SSSR count). The van der Waals surface area contributed by atoms with E-state index in [0.717, 1.165) is 30.5 Å². The van der Waals surface area contributed by atoms with Gasteiger partial charge in [-0.25, -0.2) is 0 Å². The highest BCUT2D eigenvalue weighted by Crippen LogP contribution is 2.22. The predicted molar refractivity (Wildman–Crippen MR) is 65.6 cm³/mol. The molecule has 0 unspecified atom stereocenters. The normalized spacial score (nSPS) is 13.9. The van der Waals surface area contributed by atoms with Crippen LogP contribution in [0, 0.1) is 0 Å². The smallest absolute Gasteiger partial charge is 0.272 e. The number of amides is 1. The highest BCUT2D eigenvalue weighted by molar-refractivity contribution is 5.94. The van der Waals surface area contributed by atoms with Gasteiger partial charge < -0.3 is 14.8 Å². The standard InChI is InChI=1S/C12H19N3O3/c1-17-6-8(7-18-2)13-12(16)11-9-4-3-5-10(9)14-15-11/h8H,3-7H2,1-2H3,(H,13,16)(H,14,15). The van der Waals surface area contributed by atoms with Crippen LogP contribution in [0.3, 0.4) is 0 Å². The number of carbonyl (C=O) groups excluding carboxylic acids is 1. The summed E-state index contributed by atoms with van der Waals surface area (Å²) in [6.07, 6.45) is 2.99. The number of hydrogen-bond acceptors (Lipinski definition) is 4. The number of aryl methyl sites for hydroxylation is 1. The van der Waals surface area contributed by atoms with Gasteiger partial charge in [0.1, 0.15) is 0 Å². The average molecular weight is 253 g/mol. The van der Waals surface area contributed by atoms with E-state index in [1.54, 1.807) is 14.2 Å². The van der Waals surface area contributed by atoms with E-state index in [4.69, 9.17) is 9.47 Å². The second-order valence-corrected chi connectivity index (χ2v) is 4.46. The zero-order valence-corrected chi connectivity index (χ0v) is 10.8. The largest absolute Gasteiger partial charge is 0.382 e. The van der Waals surface area contributed by atoms with Crippen LogP contribution in [0.25, 0.3) is 0 Å². The van der Waals surface area contributed by atoms with Gasteiger partial charge in [-0.15, -0.1) is 0 Å². The van der Waals surface area contributed by atoms with Gasteiger partial charge in [-0.05, 0) is 19.3 Å². The van der Waals surface area contributed by atoms with Gasteiger partial charge in [0, 0.05) is 25.5 Å². The van der Waals surface area contributed by atoms with Crippen molar-refractivity contribution in [1.82, 2.24) is 15.5 Å². The van der Waals surface area contributed by atoms with E-state index >= 15 is 0 Å². The molecule has 0 atom stereocenters. The lowest BCUT2D eigenvalue weighted by Gasteiger charge is -2.16. The minimum absolute atomic E-state index is 0.152. The number of H-pyrrole nitrogens is 1. The minimum Gasteiger partial charge on any atom is -0.382 e. The molecule has 0 saturated carbocycles. The lowest BCUT2D eigenvalue weighted by Crippen LogP contribution is -2.41. The number of nitrogens with one attached hydrogen (secondary N) is 2. The number of aromatic amines is 1. The van der Waals surface area contributed by atoms with Crippen molar-refractivity contribution >= 4 is 5.91 Å². The molecule has 1 aromatic rings. The minimum atomic E-state index is -0.159. The molecular weight excluding hydrogens is 234 g/mol. The average Bonchev–Trinajstić information content (AvgIpc) is 2.90. The Morgan fingerprint density at radius 1 is 1.39 bits per heavy atom. The molecule has 1 aliphatic rings. The summed E-state index contributed by atoms with van der Waals surface area (Å²) in [5.74, 6) is -0.159. The molecule has 18 heavy (non-hydrogen) atoms. The Hall–Kier alpha value is -1.40. The van der Waals surface area contributed by atoms with E-state index in [-0.39, 0.29) is 11.9 Å². The van der Waals surface area contributed by atoms with Crippen molar-refractivity contribution in [3.63, 3.8) is 0 Å². The number of methoxy groups -OCH3 is 2. The molecule has 1 heterocycles. The first-order chi connectivity index (χ1) is 8.76. The molecule has 0 fully saturated rings. The first-order valence-corrected chi connectivity index (χ1v) is 6.11. The van der Waals surface area contributed by atoms with Crippen LogP contribution in [-0.4, -0.2) is 49.6 Å². The number of rotatable bonds is 6. The van der Waals surface area contributed by atoms with Gasteiger partial charge in [-0.2, -0.15) is 5.10 Å². The summed E-state index contributed by atoms with van der Waals surface area (Å²) in [6, 6.07) is -0.152. The van der Waals surface area contributed by atoms with Crippen LogP contribution in [-0.2, 0) is 22.3 Å². The van der Waals surface area contributed by atoms with Gasteiger partial charge in [0.25, 0.3) is 5.91 Å². The van der Waals surface area contributed by atoms with E-state index < -0.39 is 0 Å². The molecule has 1 aromatic heterocycles. The SMILES string of the molecule is COCC(COC)NC(=O)c1n[nH]c2c1CCC2. The summed E-state index contributed by atoms with van der Waals surface area (Å²) in [7, 11) is 3.20. The van der Waals surface area contributed by atoms with Crippen molar-refractivity contribution in [2.24, 2.45) is 0 Å². The maximum Gasteiger partial charge on any atom is 0.272 e. The van der Waals surface area contributed by atoms with Crippen LogP contribution in [0.1, 0.15) is 28.2 Å². The zero-order valence-electron chi connectivity index (χ0n) is 10.8. The lowest BCUT2D eigenvalue weighted by atomic mass is 10.2. The molecule has 1 aliphatic carbocycles. The maximum atomic E-state index is 12.1. The zero-order chi connectivity index (χ0) is 13.0. The van der Waals surface area contributed by atoms with Crippen LogP contribution in [0.15, 0.2) is 0 Å². The highest BCUT2D eigenvalue weighted by atomic mass is 16.5. The van der Waals surface area contributed by atoms with E-state index in [1.807, 2.05) is 0 Å². The van der Waals surface area contributed by atoms with Crippen molar-refractivity contribution in [2.45, 2.75) is 25.3 Å². The van der Waals surface area contributed by atoms with E-state index in [2.05, 4.69) is 15.5 Å². The third-order valence-electron chi connectivity index (χ3n) is 3.09. The third kappa shape index (κ3) is 2.70. The molecule has 6 heteroatoms. The topological polar surface area (TPSA) is 76.2 Å². The van der Waals surface area contributed by atoms with Gasteiger partial charge in [-0.3, -0.25) is 9.89 Å². The van der Waals surface area contributed by atoms with Crippen LogP contribution in [0.5, 0.6) is 0 Å². The van der Waals surface area contributed by atoms with Crippen molar-refractivity contribution in [3.8, 4) is 0 Å². The monoisotopic (exact) mass is 253 g/mol. The number of fused-ring (bicyclic) bond motifs is 1. The number of hydrogen-bond donors (Lipinski definition) is 2. The third-order valence-corrected chi connectivity index (χ3v) is 3.09. The number of ether oxygens (including phenoxy) is 2. The first kappa shape index (κ1) is 13.0. The van der Waals surface area contributed by atoms with Gasteiger partial charge in [0.05, 0.1) is 19.3 Å². The molecule has 0 bridgehead atoms. The summed E-state index contributed by atoms with van der Waals surface area (Å²) < 4.78 is 10.1. The first-order valence-electron chi connectivity index (χ1n) is 6.11. The summed E-state index contributed by atoms with van der Waals surface area (Å²) in [4.78, 5) is 12.1. The summed E-state index contributed by atoms with van der Waals surface area (Å²) in [5, 5.41) is 9.90. The fourth-order valence-electron chi connectivity index (χ4n) is 2.29. The van der Waals surface area contributed by atoms with Gasteiger partial charge >= 0.3 is 0 Å². The fourth-order valence-corrected chi connectivity index (χ4v) is 2.29. The van der Waals surface area contributed by atoms with Crippen LogP contribution in [0.4, 0.5) is 0 Å². The van der Waals surface area contributed by atoms with E-state index in [9.17, 15) is 4.79 Å². The lowest BCUT2D eigenvalue weighted by molar-refractivity contribution is 0.0774. The Morgan fingerprint density at radius 2 is 2.11 bits per heavy atom. The van der Waals surface area contributed by atoms with Crippen molar-refractivity contribution < 1.29 is 14.3 Å². The van der Waals surface area contributed by atoms with Crippen LogP contribution in [0.2, 0.25) is 0 Å². The van der Waals surface area contributed by atoms with Gasteiger partial charge in [-0.1, -0.05) is 0 Å². The Morgan fingerprint density at radius 3 is 2.78 bits per heavy atom. The van der Waals surface area contributed by atoms with Gasteiger partial charge in [0.15, 0.2) is 5.69 Å². The second kappa shape index (κ2) is 5.97. The molecule has 2 N–H and O–H groups in total. The Labute approximate surface area is 106 Å². The Balaban J connectivity index is 2.01. The molecule has 6 nitrogen and oxygen atoms in total.